The molecule has 35 heavy (non-hydrogen) atoms. The van der Waals surface area contributed by atoms with Crippen molar-refractivity contribution in [1.29, 1.82) is 0 Å². The van der Waals surface area contributed by atoms with Crippen LogP contribution < -0.4 is 27.4 Å². The van der Waals surface area contributed by atoms with Gasteiger partial charge in [0.15, 0.2) is 0 Å². The predicted octanol–water partition coefficient (Wildman–Crippen LogP) is -1.80. The lowest BCUT2D eigenvalue weighted by Crippen LogP contribution is -2.58. The molecular weight excluding hydrogens is 498 g/mol. The number of carbonyl (C=O) groups is 5. The smallest absolute Gasteiger partial charge is 0.326 e. The van der Waals surface area contributed by atoms with Gasteiger partial charge in [0.2, 0.25) is 23.6 Å². The highest BCUT2D eigenvalue weighted by Crippen LogP contribution is 2.07. The van der Waals surface area contributed by atoms with E-state index in [1.165, 1.54) is 36.0 Å². The van der Waals surface area contributed by atoms with Crippen LogP contribution in [0.15, 0.2) is 12.5 Å². The zero-order valence-corrected chi connectivity index (χ0v) is 21.2. The first kappa shape index (κ1) is 30.3. The van der Waals surface area contributed by atoms with Crippen molar-refractivity contribution in [2.75, 3.05) is 24.0 Å². The van der Waals surface area contributed by atoms with Crippen LogP contribution in [0, 0.1) is 0 Å². The Bertz CT molecular complexity index is 855. The fourth-order valence-corrected chi connectivity index (χ4v) is 3.90. The number of rotatable bonds is 17. The summed E-state index contributed by atoms with van der Waals surface area (Å²) in [5.74, 6) is -2.99. The van der Waals surface area contributed by atoms with E-state index in [0.29, 0.717) is 17.2 Å². The Kier molecular flexibility index (Phi) is 13.8. The van der Waals surface area contributed by atoms with Gasteiger partial charge in [0.05, 0.1) is 18.8 Å². The summed E-state index contributed by atoms with van der Waals surface area (Å²) in [5, 5.41) is 17.0. The minimum Gasteiger partial charge on any atom is -0.480 e. The van der Waals surface area contributed by atoms with Gasteiger partial charge in [-0.3, -0.25) is 19.2 Å². The lowest BCUT2D eigenvalue weighted by Gasteiger charge is -2.25. The summed E-state index contributed by atoms with van der Waals surface area (Å²) in [6.07, 6.45) is 6.58. The average molecular weight is 532 g/mol. The predicted molar refractivity (Wildman–Crippen MR) is 134 cm³/mol. The van der Waals surface area contributed by atoms with Crippen molar-refractivity contribution >= 4 is 53.1 Å². The van der Waals surface area contributed by atoms with E-state index in [4.69, 9.17) is 11.5 Å². The zero-order chi connectivity index (χ0) is 26.4. The van der Waals surface area contributed by atoms with Crippen LogP contribution in [0.3, 0.4) is 0 Å². The molecule has 4 unspecified atom stereocenters. The van der Waals surface area contributed by atoms with E-state index in [1.807, 2.05) is 12.5 Å². The number of nitrogens with two attached hydrogens (primary N) is 2. The fourth-order valence-electron chi connectivity index (χ4n) is 2.96. The van der Waals surface area contributed by atoms with Crippen LogP contribution in [0.2, 0.25) is 0 Å². The molecule has 13 nitrogen and oxygen atoms in total. The molecule has 0 fully saturated rings. The summed E-state index contributed by atoms with van der Waals surface area (Å²) in [4.78, 5) is 67.8. The average Bonchev–Trinajstić information content (AvgIpc) is 3.31. The Morgan fingerprint density at radius 1 is 0.971 bits per heavy atom. The quantitative estimate of drug-likeness (QED) is 0.119. The molecule has 9 N–H and O–H groups in total. The molecule has 0 saturated heterocycles. The van der Waals surface area contributed by atoms with Crippen molar-refractivity contribution in [2.24, 2.45) is 11.5 Å². The van der Waals surface area contributed by atoms with Gasteiger partial charge >= 0.3 is 5.97 Å². The van der Waals surface area contributed by atoms with Gasteiger partial charge in [-0.05, 0) is 36.9 Å². The standard InChI is InChI=1S/C20H33N7O6S2/c1-34-5-3-13(18(30)26-14(20(32)33)4-6-35-2)25-19(31)15(7-11-9-23-10-24-11)27-17(29)12(21)8-16(22)28/h9-10,12-15H,3-8,21H2,1-2H3,(H2,22,28)(H,23,24)(H,25,31)(H,26,30)(H,27,29)(H,32,33). The number of thioether (sulfide) groups is 2. The van der Waals surface area contributed by atoms with E-state index in [-0.39, 0.29) is 19.3 Å². The first-order valence-corrected chi connectivity index (χ1v) is 13.5. The molecule has 0 bridgehead atoms. The fraction of sp³-hybridized carbons (Fsp3) is 0.600. The van der Waals surface area contributed by atoms with E-state index in [0.717, 1.165) is 0 Å². The van der Waals surface area contributed by atoms with Crippen LogP contribution in [0.25, 0.3) is 0 Å². The Balaban J connectivity index is 3.01. The highest BCUT2D eigenvalue weighted by Gasteiger charge is 2.30. The van der Waals surface area contributed by atoms with E-state index < -0.39 is 60.2 Å². The second kappa shape index (κ2) is 16.0. The number of carbonyl (C=O) groups excluding carboxylic acids is 4. The molecule has 0 aliphatic rings. The molecule has 0 aliphatic heterocycles. The van der Waals surface area contributed by atoms with Crippen molar-refractivity contribution < 1.29 is 29.1 Å². The molecule has 0 aromatic carbocycles. The van der Waals surface area contributed by atoms with Gasteiger partial charge in [0, 0.05) is 18.3 Å². The second-order valence-electron chi connectivity index (χ2n) is 7.64. The number of imidazole rings is 1. The van der Waals surface area contributed by atoms with E-state index >= 15 is 0 Å². The summed E-state index contributed by atoms with van der Waals surface area (Å²) in [7, 11) is 0. The molecule has 196 valence electrons. The number of H-pyrrole nitrogens is 1. The summed E-state index contributed by atoms with van der Waals surface area (Å²) in [5.41, 5.74) is 11.3. The topological polar surface area (TPSA) is 222 Å². The van der Waals surface area contributed by atoms with Crippen LogP contribution >= 0.6 is 23.5 Å². The first-order chi connectivity index (χ1) is 16.6. The Labute approximate surface area is 211 Å². The minimum atomic E-state index is -1.26. The first-order valence-electron chi connectivity index (χ1n) is 10.7. The number of carboxylic acid groups (broad SMARTS) is 1. The molecule has 4 amide bonds. The molecule has 1 heterocycles. The summed E-state index contributed by atoms with van der Waals surface area (Å²) in [6, 6.07) is -4.55. The van der Waals surface area contributed by atoms with Gasteiger partial charge in [0.1, 0.15) is 18.1 Å². The maximum absolute atomic E-state index is 13.1. The number of hydrogen-bond donors (Lipinski definition) is 7. The van der Waals surface area contributed by atoms with Crippen LogP contribution in [-0.4, -0.2) is 92.9 Å². The normalized spacial score (nSPS) is 14.3. The zero-order valence-electron chi connectivity index (χ0n) is 19.6. The van der Waals surface area contributed by atoms with Crippen molar-refractivity contribution in [3.05, 3.63) is 18.2 Å². The van der Waals surface area contributed by atoms with Gasteiger partial charge < -0.3 is 37.5 Å². The number of nitrogens with zero attached hydrogens (tertiary/aromatic N) is 1. The van der Waals surface area contributed by atoms with Crippen molar-refractivity contribution in [1.82, 2.24) is 25.9 Å². The molecule has 15 heteroatoms. The highest BCUT2D eigenvalue weighted by atomic mass is 32.2. The van der Waals surface area contributed by atoms with Gasteiger partial charge in [-0.1, -0.05) is 0 Å². The number of aromatic amines is 1. The maximum atomic E-state index is 13.1. The second-order valence-corrected chi connectivity index (χ2v) is 9.61. The number of carboxylic acids is 1. The third kappa shape index (κ3) is 11.5. The molecular formula is C20H33N7O6S2. The number of hydrogen-bond acceptors (Lipinski definition) is 9. The lowest BCUT2D eigenvalue weighted by atomic mass is 10.1. The largest absolute Gasteiger partial charge is 0.480 e. The molecule has 1 aromatic rings. The van der Waals surface area contributed by atoms with Gasteiger partial charge in [-0.2, -0.15) is 23.5 Å². The maximum Gasteiger partial charge on any atom is 0.326 e. The Hall–Kier alpha value is -2.78. The number of primary amides is 1. The highest BCUT2D eigenvalue weighted by molar-refractivity contribution is 7.98. The molecule has 1 aromatic heterocycles. The summed E-state index contributed by atoms with van der Waals surface area (Å²) >= 11 is 2.90. The third-order valence-corrected chi connectivity index (χ3v) is 6.13. The number of aliphatic carboxylic acids is 1. The van der Waals surface area contributed by atoms with E-state index in [1.54, 1.807) is 0 Å². The molecule has 4 atom stereocenters. The molecule has 0 aliphatic carbocycles. The van der Waals surface area contributed by atoms with Crippen LogP contribution in [0.5, 0.6) is 0 Å². The Morgan fingerprint density at radius 3 is 2.03 bits per heavy atom. The number of amides is 4. The lowest BCUT2D eigenvalue weighted by molar-refractivity contribution is -0.142. The SMILES string of the molecule is CSCCC(NC(=O)C(CCSC)NC(=O)C(Cc1cnc[nH]1)NC(=O)C(N)CC(N)=O)C(=O)O. The molecule has 0 radical (unpaired) electrons. The number of aromatic nitrogens is 2. The third-order valence-electron chi connectivity index (χ3n) is 4.84. The summed E-state index contributed by atoms with van der Waals surface area (Å²) in [6.45, 7) is 0. The Morgan fingerprint density at radius 2 is 1.51 bits per heavy atom. The van der Waals surface area contributed by atoms with Gasteiger partial charge in [-0.15, -0.1) is 0 Å². The molecule has 1 rings (SSSR count). The van der Waals surface area contributed by atoms with Gasteiger partial charge in [-0.25, -0.2) is 9.78 Å². The van der Waals surface area contributed by atoms with Gasteiger partial charge in [0.25, 0.3) is 0 Å². The van der Waals surface area contributed by atoms with E-state index in [2.05, 4.69) is 25.9 Å². The molecule has 0 spiro atoms. The monoisotopic (exact) mass is 531 g/mol. The van der Waals surface area contributed by atoms with Crippen LogP contribution in [0.1, 0.15) is 25.0 Å². The van der Waals surface area contributed by atoms with Crippen molar-refractivity contribution in [3.8, 4) is 0 Å². The number of nitrogens with one attached hydrogen (secondary N) is 4. The summed E-state index contributed by atoms with van der Waals surface area (Å²) < 4.78 is 0. The van der Waals surface area contributed by atoms with Crippen LogP contribution in [0.4, 0.5) is 0 Å². The molecule has 0 saturated carbocycles. The van der Waals surface area contributed by atoms with E-state index in [9.17, 15) is 29.1 Å². The minimum absolute atomic E-state index is 0.00318. The van der Waals surface area contributed by atoms with Crippen molar-refractivity contribution in [2.45, 2.75) is 49.9 Å². The van der Waals surface area contributed by atoms with Crippen molar-refractivity contribution in [3.63, 3.8) is 0 Å². The van der Waals surface area contributed by atoms with Crippen LogP contribution in [-0.2, 0) is 30.4 Å².